The fourth-order valence-corrected chi connectivity index (χ4v) is 4.11. The van der Waals surface area contributed by atoms with E-state index in [4.69, 9.17) is 9.72 Å². The number of pyridine rings is 1. The maximum absolute atomic E-state index is 12.6. The molecule has 6 nitrogen and oxygen atoms in total. The lowest BCUT2D eigenvalue weighted by atomic mass is 10.1. The Balaban J connectivity index is 1.49. The van der Waals surface area contributed by atoms with Crippen LogP contribution in [0, 0.1) is 11.3 Å². The summed E-state index contributed by atoms with van der Waals surface area (Å²) in [4.78, 5) is 21.5. The monoisotopic (exact) mass is 340 g/mol. The van der Waals surface area contributed by atoms with Gasteiger partial charge in [-0.2, -0.15) is 5.26 Å². The van der Waals surface area contributed by atoms with E-state index < -0.39 is 0 Å². The molecule has 0 bridgehead atoms. The number of nitriles is 1. The van der Waals surface area contributed by atoms with Crippen LogP contribution in [0.1, 0.15) is 42.5 Å². The number of carbonyl (C=O) groups excluding carboxylic acids is 1. The summed E-state index contributed by atoms with van der Waals surface area (Å²) in [6, 6.07) is 4.34. The number of fused-ring (bicyclic) bond motifs is 1. The first-order chi connectivity index (χ1) is 12.3. The van der Waals surface area contributed by atoms with Gasteiger partial charge in [0.05, 0.1) is 5.56 Å². The van der Waals surface area contributed by atoms with E-state index in [1.54, 1.807) is 0 Å². The van der Waals surface area contributed by atoms with Crippen LogP contribution in [0.15, 0.2) is 6.07 Å². The molecule has 0 radical (unpaired) electrons. The summed E-state index contributed by atoms with van der Waals surface area (Å²) in [5.74, 6) is 0.927. The molecule has 3 aliphatic rings. The lowest BCUT2D eigenvalue weighted by Crippen LogP contribution is -2.41. The minimum absolute atomic E-state index is 0.127. The SMILES string of the molecule is N#Cc1cc2c(nc1N1CCCN(C(=O)C3CCCO3)CC1)CCC2. The number of nitrogens with zero attached hydrogens (tertiary/aromatic N) is 4. The minimum Gasteiger partial charge on any atom is -0.368 e. The van der Waals surface area contributed by atoms with Gasteiger partial charge in [0.25, 0.3) is 5.91 Å². The summed E-state index contributed by atoms with van der Waals surface area (Å²) in [5.41, 5.74) is 3.04. The number of aryl methyl sites for hydroxylation is 2. The van der Waals surface area contributed by atoms with Crippen LogP contribution in [0.3, 0.4) is 0 Å². The summed E-state index contributed by atoms with van der Waals surface area (Å²) in [6.45, 7) is 3.67. The predicted molar refractivity (Wildman–Crippen MR) is 93.4 cm³/mol. The van der Waals surface area contributed by atoms with Gasteiger partial charge in [0.2, 0.25) is 0 Å². The zero-order valence-corrected chi connectivity index (χ0v) is 14.5. The number of carbonyl (C=O) groups is 1. The molecule has 0 saturated carbocycles. The van der Waals surface area contributed by atoms with Crippen LogP contribution in [0.25, 0.3) is 0 Å². The van der Waals surface area contributed by atoms with Crippen molar-refractivity contribution < 1.29 is 9.53 Å². The maximum atomic E-state index is 12.6. The van der Waals surface area contributed by atoms with E-state index in [1.165, 1.54) is 5.56 Å². The second kappa shape index (κ2) is 7.01. The molecule has 4 rings (SSSR count). The van der Waals surface area contributed by atoms with Crippen molar-refractivity contribution in [3.8, 4) is 6.07 Å². The van der Waals surface area contributed by atoms with Gasteiger partial charge in [0.15, 0.2) is 0 Å². The Hall–Kier alpha value is -2.13. The summed E-state index contributed by atoms with van der Waals surface area (Å²) in [7, 11) is 0. The van der Waals surface area contributed by atoms with Gasteiger partial charge in [0, 0.05) is 38.5 Å². The smallest absolute Gasteiger partial charge is 0.251 e. The normalized spacial score (nSPS) is 23.2. The Morgan fingerprint density at radius 3 is 2.92 bits per heavy atom. The number of amides is 1. The summed E-state index contributed by atoms with van der Waals surface area (Å²) in [5, 5.41) is 9.54. The largest absolute Gasteiger partial charge is 0.368 e. The van der Waals surface area contributed by atoms with E-state index in [0.717, 1.165) is 69.7 Å². The molecule has 132 valence electrons. The van der Waals surface area contributed by atoms with E-state index >= 15 is 0 Å². The number of hydrogen-bond donors (Lipinski definition) is 0. The van der Waals surface area contributed by atoms with E-state index in [1.807, 2.05) is 11.0 Å². The van der Waals surface area contributed by atoms with E-state index in [2.05, 4.69) is 11.0 Å². The maximum Gasteiger partial charge on any atom is 0.251 e. The highest BCUT2D eigenvalue weighted by Gasteiger charge is 2.30. The van der Waals surface area contributed by atoms with E-state index in [9.17, 15) is 10.1 Å². The molecule has 0 N–H and O–H groups in total. The summed E-state index contributed by atoms with van der Waals surface area (Å²) in [6.07, 6.45) is 5.61. The topological polar surface area (TPSA) is 69.5 Å². The van der Waals surface area contributed by atoms with Crippen molar-refractivity contribution in [1.29, 1.82) is 5.26 Å². The quantitative estimate of drug-likeness (QED) is 0.819. The molecule has 2 fully saturated rings. The fourth-order valence-electron chi connectivity index (χ4n) is 4.11. The molecule has 6 heteroatoms. The van der Waals surface area contributed by atoms with Crippen LogP contribution in [0.2, 0.25) is 0 Å². The molecule has 2 aliphatic heterocycles. The van der Waals surface area contributed by atoms with Crippen LogP contribution >= 0.6 is 0 Å². The van der Waals surface area contributed by atoms with Crippen molar-refractivity contribution in [1.82, 2.24) is 9.88 Å². The van der Waals surface area contributed by atoms with Crippen LogP contribution < -0.4 is 4.90 Å². The highest BCUT2D eigenvalue weighted by molar-refractivity contribution is 5.81. The van der Waals surface area contributed by atoms with Gasteiger partial charge in [-0.05, 0) is 50.2 Å². The second-order valence-electron chi connectivity index (χ2n) is 7.10. The minimum atomic E-state index is -0.251. The fraction of sp³-hybridized carbons (Fsp3) is 0.632. The van der Waals surface area contributed by atoms with Gasteiger partial charge >= 0.3 is 0 Å². The van der Waals surface area contributed by atoms with Crippen molar-refractivity contribution in [3.63, 3.8) is 0 Å². The highest BCUT2D eigenvalue weighted by atomic mass is 16.5. The van der Waals surface area contributed by atoms with Gasteiger partial charge in [-0.3, -0.25) is 4.79 Å². The number of ether oxygens (including phenoxy) is 1. The third kappa shape index (κ3) is 3.21. The Labute approximate surface area is 148 Å². The average molecular weight is 340 g/mol. The zero-order valence-electron chi connectivity index (χ0n) is 14.5. The molecule has 2 saturated heterocycles. The van der Waals surface area contributed by atoms with Gasteiger partial charge in [-0.25, -0.2) is 4.98 Å². The molecule has 1 atom stereocenters. The first-order valence-corrected chi connectivity index (χ1v) is 9.34. The standard InChI is InChI=1S/C19H24N4O2/c20-13-15-12-14-4-1-5-16(14)21-18(15)22-7-3-8-23(10-9-22)19(24)17-6-2-11-25-17/h12,17H,1-11H2. The lowest BCUT2D eigenvalue weighted by molar-refractivity contribution is -0.140. The third-order valence-corrected chi connectivity index (χ3v) is 5.46. The van der Waals surface area contributed by atoms with Crippen molar-refractivity contribution in [2.75, 3.05) is 37.7 Å². The summed E-state index contributed by atoms with van der Waals surface area (Å²) >= 11 is 0. The first kappa shape index (κ1) is 16.3. The van der Waals surface area contributed by atoms with Gasteiger partial charge in [-0.15, -0.1) is 0 Å². The number of anilines is 1. The molecular weight excluding hydrogens is 316 g/mol. The first-order valence-electron chi connectivity index (χ1n) is 9.34. The highest BCUT2D eigenvalue weighted by Crippen LogP contribution is 2.28. The van der Waals surface area contributed by atoms with Crippen LogP contribution in [0.5, 0.6) is 0 Å². The lowest BCUT2D eigenvalue weighted by Gasteiger charge is -2.25. The van der Waals surface area contributed by atoms with Crippen LogP contribution in [-0.4, -0.2) is 54.7 Å². The van der Waals surface area contributed by atoms with Crippen molar-refractivity contribution >= 4 is 11.7 Å². The molecular formula is C19H24N4O2. The van der Waals surface area contributed by atoms with Gasteiger partial charge in [0.1, 0.15) is 18.0 Å². The van der Waals surface area contributed by atoms with Crippen molar-refractivity contribution in [2.45, 2.75) is 44.6 Å². The molecule has 1 aliphatic carbocycles. The molecule has 0 aromatic carbocycles. The summed E-state index contributed by atoms with van der Waals surface area (Å²) < 4.78 is 5.55. The predicted octanol–water partition coefficient (Wildman–Crippen LogP) is 1.66. The second-order valence-corrected chi connectivity index (χ2v) is 7.10. The van der Waals surface area contributed by atoms with Crippen LogP contribution in [-0.2, 0) is 22.4 Å². The molecule has 0 spiro atoms. The Kier molecular flexibility index (Phi) is 4.58. The molecule has 3 heterocycles. The Morgan fingerprint density at radius 2 is 2.12 bits per heavy atom. The van der Waals surface area contributed by atoms with Crippen molar-refractivity contribution in [3.05, 3.63) is 22.9 Å². The Bertz CT molecular complexity index is 706. The molecule has 1 aromatic heterocycles. The third-order valence-electron chi connectivity index (χ3n) is 5.46. The molecule has 1 amide bonds. The average Bonchev–Trinajstić information content (AvgIpc) is 3.27. The number of aromatic nitrogens is 1. The molecule has 1 unspecified atom stereocenters. The Morgan fingerprint density at radius 1 is 1.20 bits per heavy atom. The van der Waals surface area contributed by atoms with Crippen molar-refractivity contribution in [2.24, 2.45) is 0 Å². The molecule has 1 aromatic rings. The number of hydrogen-bond acceptors (Lipinski definition) is 5. The number of rotatable bonds is 2. The molecule has 25 heavy (non-hydrogen) atoms. The van der Waals surface area contributed by atoms with Gasteiger partial charge in [-0.1, -0.05) is 0 Å². The van der Waals surface area contributed by atoms with Crippen LogP contribution in [0.4, 0.5) is 5.82 Å². The van der Waals surface area contributed by atoms with E-state index in [0.29, 0.717) is 18.7 Å². The van der Waals surface area contributed by atoms with Gasteiger partial charge < -0.3 is 14.5 Å². The zero-order chi connectivity index (χ0) is 17.2. The van der Waals surface area contributed by atoms with E-state index in [-0.39, 0.29) is 12.0 Å².